The molecule has 452 valence electrons. The predicted octanol–water partition coefficient (Wildman–Crippen LogP) is 14.3. The molecule has 0 fully saturated rings. The van der Waals surface area contributed by atoms with Gasteiger partial charge in [0.1, 0.15) is 54.0 Å². The van der Waals surface area contributed by atoms with Crippen molar-refractivity contribution in [2.75, 3.05) is 19.8 Å². The summed E-state index contributed by atoms with van der Waals surface area (Å²) < 4.78 is 66.9. The predicted molar refractivity (Wildman–Crippen MR) is 338 cm³/mol. The lowest BCUT2D eigenvalue weighted by Crippen LogP contribution is -2.30. The highest BCUT2D eigenvalue weighted by Gasteiger charge is 2.49. The molecule has 0 radical (unpaired) electrons. The number of hydrogen-bond acceptors (Lipinski definition) is 13. The molecular weight excluding hydrogens is 1310 g/mol. The second-order valence-corrected chi connectivity index (χ2v) is 24.3. The van der Waals surface area contributed by atoms with Crippen LogP contribution in [-0.4, -0.2) is 87.3 Å². The normalized spacial score (nSPS) is 16.2. The SMILES string of the molecule is O=c1[nH]c(/C=C2\C=Nc3c2ccc(Cl)c3F)c(O)n1C(CO[P+](O)(OCC(c1ccc(Cl)cc1)n1c(O)c(/C=C2\C=Nc3c2ccc(Cl)c3F)[nH]c1=O)OCC(c1ccc(Cl)cc1)n1c(O)c(/C=C2\C=Nc3c2ccc(Cl)c3F)[nH]c1=O)c1ccc(Cl)cc1. The van der Waals surface area contributed by atoms with Crippen LogP contribution in [0.2, 0.25) is 30.1 Å². The zero-order chi connectivity index (χ0) is 62.7. The molecular formula is C60H40Cl6F3N9O10P+. The van der Waals surface area contributed by atoms with E-state index in [0.717, 1.165) is 13.7 Å². The molecule has 3 aliphatic heterocycles. The number of aliphatic imine (C=N–C) groups is 3. The van der Waals surface area contributed by atoms with E-state index in [2.05, 4.69) is 29.9 Å². The van der Waals surface area contributed by atoms with Gasteiger partial charge >= 0.3 is 25.2 Å². The molecule has 3 atom stereocenters. The molecule has 19 nitrogen and oxygen atoms in total. The second-order valence-electron chi connectivity index (χ2n) is 20.0. The van der Waals surface area contributed by atoms with Crippen LogP contribution in [0.4, 0.5) is 30.2 Å². The summed E-state index contributed by atoms with van der Waals surface area (Å²) >= 11 is 37.1. The number of benzene rings is 6. The van der Waals surface area contributed by atoms with Crippen LogP contribution in [0.15, 0.2) is 139 Å². The fourth-order valence-electron chi connectivity index (χ4n) is 10.3. The summed E-state index contributed by atoms with van der Waals surface area (Å²) in [6, 6.07) is 22.3. The average Bonchev–Trinajstić information content (AvgIpc) is 1.84. The summed E-state index contributed by atoms with van der Waals surface area (Å²) in [5, 5.41) is 36.3. The number of fused-ring (bicyclic) bond motifs is 3. The maximum absolute atomic E-state index is 15.0. The Balaban J connectivity index is 0.944. The van der Waals surface area contributed by atoms with Gasteiger partial charge in [-0.2, -0.15) is 18.5 Å². The van der Waals surface area contributed by atoms with Gasteiger partial charge in [-0.25, -0.2) is 27.6 Å². The third-order valence-electron chi connectivity index (χ3n) is 14.7. The summed E-state index contributed by atoms with van der Waals surface area (Å²) in [5.41, 5.74) is -0.851. The van der Waals surface area contributed by atoms with E-state index in [1.54, 1.807) is 0 Å². The first-order valence-electron chi connectivity index (χ1n) is 26.3. The van der Waals surface area contributed by atoms with Crippen molar-refractivity contribution in [1.82, 2.24) is 28.7 Å². The number of nitrogens with one attached hydrogen (secondary N) is 3. The monoisotopic (exact) mass is 1340 g/mol. The van der Waals surface area contributed by atoms with Crippen molar-refractivity contribution in [2.45, 2.75) is 18.1 Å². The molecule has 12 rings (SSSR count). The highest BCUT2D eigenvalue weighted by molar-refractivity contribution is 7.55. The maximum atomic E-state index is 15.0. The number of aromatic amines is 3. The number of imidazole rings is 3. The quantitative estimate of drug-likeness (QED) is 0.0400. The number of nitrogens with zero attached hydrogens (tertiary/aromatic N) is 6. The number of allylic oxidation sites excluding steroid dienone is 3. The van der Waals surface area contributed by atoms with E-state index in [0.29, 0.717) is 16.7 Å². The van der Waals surface area contributed by atoms with Gasteiger partial charge in [-0.1, -0.05) is 124 Å². The van der Waals surface area contributed by atoms with Crippen molar-refractivity contribution in [2.24, 2.45) is 15.0 Å². The van der Waals surface area contributed by atoms with Gasteiger partial charge < -0.3 is 30.3 Å². The third kappa shape index (κ3) is 11.9. The van der Waals surface area contributed by atoms with Crippen LogP contribution >= 0.6 is 77.8 Å². The summed E-state index contributed by atoms with van der Waals surface area (Å²) in [6.45, 7) is -2.37. The number of hydrogen-bond donors (Lipinski definition) is 7. The lowest BCUT2D eigenvalue weighted by Gasteiger charge is -2.25. The van der Waals surface area contributed by atoms with Crippen molar-refractivity contribution in [3.05, 3.63) is 239 Å². The van der Waals surface area contributed by atoms with Crippen LogP contribution < -0.4 is 17.1 Å². The van der Waals surface area contributed by atoms with Crippen molar-refractivity contribution >= 4 is 148 Å². The largest absolute Gasteiger partial charge is 0.572 e. The van der Waals surface area contributed by atoms with Crippen molar-refractivity contribution in [3.63, 3.8) is 0 Å². The lowest BCUT2D eigenvalue weighted by molar-refractivity contribution is 0.0602. The first-order valence-corrected chi connectivity index (χ1v) is 30.1. The Morgan fingerprint density at radius 1 is 0.438 bits per heavy atom. The van der Waals surface area contributed by atoms with Gasteiger partial charge in [0.15, 0.2) is 17.5 Å². The summed E-state index contributed by atoms with van der Waals surface area (Å²) in [5.74, 6) is -4.35. The minimum Gasteiger partial charge on any atom is -0.493 e. The molecule has 0 saturated heterocycles. The van der Waals surface area contributed by atoms with Crippen molar-refractivity contribution < 1.29 is 47.0 Å². The molecule has 0 bridgehead atoms. The molecule has 7 N–H and O–H groups in total. The molecule has 0 saturated carbocycles. The molecule has 9 aromatic rings. The Morgan fingerprint density at radius 2 is 0.697 bits per heavy atom. The second kappa shape index (κ2) is 24.6. The van der Waals surface area contributed by atoms with E-state index >= 15 is 13.2 Å². The number of aromatic hydroxyl groups is 3. The molecule has 89 heavy (non-hydrogen) atoms. The van der Waals surface area contributed by atoms with E-state index < -0.39 is 98.3 Å². The molecule has 29 heteroatoms. The van der Waals surface area contributed by atoms with Crippen LogP contribution in [-0.2, 0) is 13.6 Å². The van der Waals surface area contributed by atoms with Gasteiger partial charge in [0, 0.05) is 67.1 Å². The van der Waals surface area contributed by atoms with E-state index in [4.69, 9.17) is 83.2 Å². The molecule has 3 unspecified atom stereocenters. The smallest absolute Gasteiger partial charge is 0.493 e. The van der Waals surface area contributed by atoms with Gasteiger partial charge in [-0.15, -0.1) is 0 Å². The topological polar surface area (TPSA) is 259 Å². The fourth-order valence-corrected chi connectivity index (χ4v) is 12.3. The van der Waals surface area contributed by atoms with E-state index in [1.165, 1.54) is 146 Å². The third-order valence-corrected chi connectivity index (χ3v) is 17.8. The Morgan fingerprint density at radius 3 is 0.955 bits per heavy atom. The highest BCUT2D eigenvalue weighted by atomic mass is 35.5. The van der Waals surface area contributed by atoms with E-state index in [9.17, 15) is 34.6 Å². The standard InChI is InChI=1S/C60H39Cl6F3N9O10P/c61-34-7-1-28(2-8-34)46(76-55(79)43(73-58(76)82)19-31-22-70-52-37(31)13-16-40(64)49(52)67)25-86-89(85,87-26-47(29-3-9-35(62)10-4-29)77-56(80)44(74-59(77)83)20-32-23-71-53-38(32)14-17-41(65)50(53)68)88-27-48(30-5-11-36(63)12-6-30)78-57(81)45(75-60(78)84)21-33-24-72-54-39(33)15-18-42(66)51(54)69/h1-24,46-48,85H,25-27H2,(H5-,70,71,72,73,74,75,79,80,81,82,83,84)/p+1. The summed E-state index contributed by atoms with van der Waals surface area (Å²) in [4.78, 5) is 76.0. The first-order chi connectivity index (χ1) is 42.6. The number of aromatic nitrogens is 6. The minimum absolute atomic E-state index is 0.0655. The molecule has 0 aliphatic carbocycles. The minimum atomic E-state index is -5.09. The van der Waals surface area contributed by atoms with Gasteiger partial charge in [-0.3, -0.25) is 28.7 Å². The first kappa shape index (κ1) is 61.0. The van der Waals surface area contributed by atoms with Crippen LogP contribution in [0.25, 0.3) is 34.9 Å². The van der Waals surface area contributed by atoms with Gasteiger partial charge in [0.05, 0.1) is 33.2 Å². The Kier molecular flexibility index (Phi) is 16.9. The number of rotatable bonds is 18. The van der Waals surface area contributed by atoms with Gasteiger partial charge in [0.2, 0.25) is 17.6 Å². The van der Waals surface area contributed by atoms with Crippen LogP contribution in [0.1, 0.15) is 68.6 Å². The van der Waals surface area contributed by atoms with E-state index in [-0.39, 0.29) is 97.7 Å². The van der Waals surface area contributed by atoms with Crippen LogP contribution in [0.5, 0.6) is 17.6 Å². The molecule has 6 aromatic carbocycles. The van der Waals surface area contributed by atoms with Crippen molar-refractivity contribution in [1.29, 1.82) is 0 Å². The molecule has 3 aliphatic rings. The fraction of sp³-hybridized carbons (Fsp3) is 0.100. The number of H-pyrrole nitrogens is 3. The van der Waals surface area contributed by atoms with Gasteiger partial charge in [-0.05, 0) is 89.5 Å². The molecule has 0 spiro atoms. The zero-order valence-electron chi connectivity index (χ0n) is 45.0. The van der Waals surface area contributed by atoms with Gasteiger partial charge in [0.25, 0.3) is 0 Å². The average molecular weight is 1350 g/mol. The molecule has 6 heterocycles. The van der Waals surface area contributed by atoms with E-state index in [1.807, 2.05) is 0 Å². The highest BCUT2D eigenvalue weighted by Crippen LogP contribution is 2.60. The number of halogens is 9. The Labute approximate surface area is 530 Å². The maximum Gasteiger partial charge on any atom is 0.572 e. The molecule has 3 aromatic heterocycles. The van der Waals surface area contributed by atoms with Crippen LogP contribution in [0, 0.1) is 17.5 Å². The van der Waals surface area contributed by atoms with Crippen molar-refractivity contribution in [3.8, 4) is 17.6 Å². The Hall–Kier alpha value is -8.22. The lowest BCUT2D eigenvalue weighted by atomic mass is 10.1. The Bertz CT molecular complexity index is 4260. The van der Waals surface area contributed by atoms with Crippen LogP contribution in [0.3, 0.4) is 0 Å². The molecule has 0 amide bonds. The summed E-state index contributed by atoms with van der Waals surface area (Å²) in [7, 11) is -5.09. The zero-order valence-corrected chi connectivity index (χ0v) is 50.4. The summed E-state index contributed by atoms with van der Waals surface area (Å²) in [6.07, 6.45) is 8.01.